The maximum atomic E-state index is 12.9. The first-order valence-electron chi connectivity index (χ1n) is 9.91. The Kier molecular flexibility index (Phi) is 6.85. The number of anilines is 1. The monoisotopic (exact) mass is 358 g/mol. The summed E-state index contributed by atoms with van der Waals surface area (Å²) >= 11 is 0. The van der Waals surface area contributed by atoms with Crippen LogP contribution in [-0.2, 0) is 9.59 Å². The zero-order valence-electron chi connectivity index (χ0n) is 17.2. The molecule has 1 saturated heterocycles. The summed E-state index contributed by atoms with van der Waals surface area (Å²) in [6.45, 7) is 14.1. The second-order valence-corrected chi connectivity index (χ2v) is 8.26. The third-order valence-corrected chi connectivity index (χ3v) is 5.42. The topological polar surface area (TPSA) is 40.6 Å². The number of benzene rings is 1. The molecule has 1 heterocycles. The Morgan fingerprint density at radius 1 is 1.08 bits per heavy atom. The van der Waals surface area contributed by atoms with Crippen LogP contribution in [0.5, 0.6) is 0 Å². The normalized spacial score (nSPS) is 15.6. The van der Waals surface area contributed by atoms with E-state index in [2.05, 4.69) is 52.8 Å². The Morgan fingerprint density at radius 2 is 1.58 bits per heavy atom. The number of amides is 2. The third-order valence-electron chi connectivity index (χ3n) is 5.42. The Morgan fingerprint density at radius 3 is 2.00 bits per heavy atom. The molecule has 1 fully saturated rings. The van der Waals surface area contributed by atoms with E-state index in [0.717, 1.165) is 42.7 Å². The number of piperidine rings is 1. The van der Waals surface area contributed by atoms with Crippen LogP contribution in [0.25, 0.3) is 0 Å². The van der Waals surface area contributed by atoms with Gasteiger partial charge in [0.1, 0.15) is 6.54 Å². The molecule has 26 heavy (non-hydrogen) atoms. The number of likely N-dealkylation sites (tertiary alicyclic amines) is 1. The van der Waals surface area contributed by atoms with Gasteiger partial charge in [0, 0.05) is 20.0 Å². The molecule has 0 N–H and O–H groups in total. The van der Waals surface area contributed by atoms with Crippen LogP contribution in [0.15, 0.2) is 18.2 Å². The first-order chi connectivity index (χ1) is 12.2. The average Bonchev–Trinajstić information content (AvgIpc) is 2.59. The molecule has 1 aromatic carbocycles. The van der Waals surface area contributed by atoms with E-state index in [0.29, 0.717) is 5.92 Å². The van der Waals surface area contributed by atoms with E-state index in [1.165, 1.54) is 0 Å². The highest BCUT2D eigenvalue weighted by Gasteiger charge is 2.27. The van der Waals surface area contributed by atoms with Crippen LogP contribution < -0.4 is 4.90 Å². The molecule has 1 aromatic rings. The van der Waals surface area contributed by atoms with E-state index < -0.39 is 0 Å². The predicted octanol–water partition coefficient (Wildman–Crippen LogP) is 4.54. The first-order valence-corrected chi connectivity index (χ1v) is 9.91. The summed E-state index contributed by atoms with van der Waals surface area (Å²) in [6, 6.07) is 6.21. The van der Waals surface area contributed by atoms with E-state index in [-0.39, 0.29) is 30.2 Å². The van der Waals surface area contributed by atoms with Crippen molar-refractivity contribution in [3.8, 4) is 0 Å². The fourth-order valence-electron chi connectivity index (χ4n) is 3.66. The van der Waals surface area contributed by atoms with E-state index in [1.807, 2.05) is 4.90 Å². The van der Waals surface area contributed by atoms with Gasteiger partial charge in [0.2, 0.25) is 11.8 Å². The number of hydrogen-bond donors (Lipinski definition) is 0. The van der Waals surface area contributed by atoms with Crippen LogP contribution in [0.1, 0.15) is 77.3 Å². The molecule has 2 rings (SSSR count). The van der Waals surface area contributed by atoms with Crippen molar-refractivity contribution < 1.29 is 9.59 Å². The number of carbonyl (C=O) groups is 2. The molecule has 2 amide bonds. The first kappa shape index (κ1) is 20.5. The Labute approximate surface area is 158 Å². The lowest BCUT2D eigenvalue weighted by Gasteiger charge is -2.34. The Bertz CT molecular complexity index is 617. The fraction of sp³-hybridized carbons (Fsp3) is 0.636. The molecule has 0 aromatic heterocycles. The van der Waals surface area contributed by atoms with Crippen LogP contribution >= 0.6 is 0 Å². The van der Waals surface area contributed by atoms with Gasteiger partial charge < -0.3 is 9.80 Å². The number of carbonyl (C=O) groups excluding carboxylic acids is 2. The molecule has 0 spiro atoms. The van der Waals surface area contributed by atoms with Gasteiger partial charge >= 0.3 is 0 Å². The molecule has 0 aliphatic carbocycles. The molecule has 0 radical (unpaired) electrons. The van der Waals surface area contributed by atoms with E-state index >= 15 is 0 Å². The van der Waals surface area contributed by atoms with Crippen molar-refractivity contribution in [2.45, 2.75) is 66.2 Å². The molecule has 0 bridgehead atoms. The standard InChI is InChI=1S/C22H34N2O2/c1-15(2)19-8-7-9-20(16(3)4)22(19)24(18(6)25)14-21(26)23-12-10-17(5)11-13-23/h7-9,15-17H,10-14H2,1-6H3. The van der Waals surface area contributed by atoms with Crippen LogP contribution in [0.3, 0.4) is 0 Å². The van der Waals surface area contributed by atoms with Gasteiger partial charge in [0.15, 0.2) is 0 Å². The fourth-order valence-corrected chi connectivity index (χ4v) is 3.66. The summed E-state index contributed by atoms with van der Waals surface area (Å²) in [5, 5.41) is 0. The second-order valence-electron chi connectivity index (χ2n) is 8.26. The summed E-state index contributed by atoms with van der Waals surface area (Å²) in [5.74, 6) is 1.24. The van der Waals surface area contributed by atoms with Gasteiger partial charge in [-0.25, -0.2) is 0 Å². The van der Waals surface area contributed by atoms with Crippen LogP contribution in [-0.4, -0.2) is 36.3 Å². The minimum absolute atomic E-state index is 0.0559. The van der Waals surface area contributed by atoms with Crippen molar-refractivity contribution in [3.63, 3.8) is 0 Å². The highest BCUT2D eigenvalue weighted by Crippen LogP contribution is 2.35. The smallest absolute Gasteiger partial charge is 0.242 e. The van der Waals surface area contributed by atoms with Gasteiger partial charge in [-0.1, -0.05) is 52.8 Å². The largest absolute Gasteiger partial charge is 0.341 e. The summed E-state index contributed by atoms with van der Waals surface area (Å²) in [6.07, 6.45) is 2.09. The minimum atomic E-state index is -0.0706. The molecule has 4 heteroatoms. The number of para-hydroxylation sites is 1. The Balaban J connectivity index is 2.35. The lowest BCUT2D eigenvalue weighted by molar-refractivity contribution is -0.132. The van der Waals surface area contributed by atoms with Crippen molar-refractivity contribution in [1.82, 2.24) is 4.90 Å². The summed E-state index contributed by atoms with van der Waals surface area (Å²) in [4.78, 5) is 29.0. The van der Waals surface area contributed by atoms with Crippen LogP contribution in [0.2, 0.25) is 0 Å². The maximum Gasteiger partial charge on any atom is 0.242 e. The van der Waals surface area contributed by atoms with Gasteiger partial charge in [-0.15, -0.1) is 0 Å². The van der Waals surface area contributed by atoms with Crippen molar-refractivity contribution in [2.24, 2.45) is 5.92 Å². The second kappa shape index (κ2) is 8.70. The van der Waals surface area contributed by atoms with Crippen molar-refractivity contribution in [3.05, 3.63) is 29.3 Å². The zero-order valence-corrected chi connectivity index (χ0v) is 17.2. The molecule has 1 aliphatic rings. The van der Waals surface area contributed by atoms with Gasteiger partial charge in [-0.2, -0.15) is 0 Å². The molecule has 4 nitrogen and oxygen atoms in total. The molecule has 0 saturated carbocycles. The lowest BCUT2D eigenvalue weighted by Crippen LogP contribution is -2.45. The summed E-state index contributed by atoms with van der Waals surface area (Å²) in [5.41, 5.74) is 3.20. The minimum Gasteiger partial charge on any atom is -0.341 e. The van der Waals surface area contributed by atoms with Crippen molar-refractivity contribution >= 4 is 17.5 Å². The SMILES string of the molecule is CC(=O)N(CC(=O)N1CCC(C)CC1)c1c(C(C)C)cccc1C(C)C. The van der Waals surface area contributed by atoms with Crippen LogP contribution in [0, 0.1) is 5.92 Å². The molecule has 0 unspecified atom stereocenters. The van der Waals surface area contributed by atoms with E-state index in [1.54, 1.807) is 11.8 Å². The van der Waals surface area contributed by atoms with Crippen molar-refractivity contribution in [2.75, 3.05) is 24.5 Å². The molecule has 144 valence electrons. The Hall–Kier alpha value is -1.84. The van der Waals surface area contributed by atoms with Gasteiger partial charge in [0.05, 0.1) is 5.69 Å². The van der Waals surface area contributed by atoms with E-state index in [4.69, 9.17) is 0 Å². The van der Waals surface area contributed by atoms with Gasteiger partial charge in [-0.3, -0.25) is 9.59 Å². The summed E-state index contributed by atoms with van der Waals surface area (Å²) in [7, 11) is 0. The highest BCUT2D eigenvalue weighted by atomic mass is 16.2. The number of rotatable bonds is 5. The predicted molar refractivity (Wildman–Crippen MR) is 108 cm³/mol. The maximum absolute atomic E-state index is 12.9. The quantitative estimate of drug-likeness (QED) is 0.775. The van der Waals surface area contributed by atoms with Gasteiger partial charge in [0.25, 0.3) is 0 Å². The lowest BCUT2D eigenvalue weighted by atomic mass is 9.91. The number of hydrogen-bond acceptors (Lipinski definition) is 2. The third kappa shape index (κ3) is 4.66. The highest BCUT2D eigenvalue weighted by molar-refractivity contribution is 5.99. The van der Waals surface area contributed by atoms with Crippen molar-refractivity contribution in [1.29, 1.82) is 0 Å². The molecular weight excluding hydrogens is 324 g/mol. The average molecular weight is 359 g/mol. The zero-order chi connectivity index (χ0) is 19.4. The van der Waals surface area contributed by atoms with Crippen LogP contribution in [0.4, 0.5) is 5.69 Å². The van der Waals surface area contributed by atoms with Gasteiger partial charge in [-0.05, 0) is 41.7 Å². The molecular formula is C22H34N2O2. The number of nitrogens with zero attached hydrogens (tertiary/aromatic N) is 2. The molecule has 0 atom stereocenters. The van der Waals surface area contributed by atoms with E-state index in [9.17, 15) is 9.59 Å². The molecule has 1 aliphatic heterocycles. The summed E-state index contributed by atoms with van der Waals surface area (Å²) < 4.78 is 0.